The Morgan fingerprint density at radius 3 is 2.25 bits per heavy atom. The third-order valence-electron chi connectivity index (χ3n) is 3.99. The summed E-state index contributed by atoms with van der Waals surface area (Å²) in [7, 11) is 0. The normalized spacial score (nSPS) is 25.9. The minimum Gasteiger partial charge on any atom is -0.451 e. The lowest BCUT2D eigenvalue weighted by atomic mass is 9.86. The number of fused-ring (bicyclic) bond motifs is 1. The molecule has 1 N–H and O–H groups in total. The van der Waals surface area contributed by atoms with Crippen LogP contribution in [0, 0.1) is 0 Å². The summed E-state index contributed by atoms with van der Waals surface area (Å²) in [6, 6.07) is 15.6. The summed E-state index contributed by atoms with van der Waals surface area (Å²) in [6.07, 6.45) is 0. The van der Waals surface area contributed by atoms with Crippen LogP contribution in [0.2, 0.25) is 0 Å². The van der Waals surface area contributed by atoms with E-state index in [1.54, 1.807) is 62.4 Å². The molecule has 0 amide bonds. The van der Waals surface area contributed by atoms with Crippen molar-refractivity contribution in [3.63, 3.8) is 0 Å². The van der Waals surface area contributed by atoms with E-state index in [4.69, 9.17) is 14.2 Å². The predicted molar refractivity (Wildman–Crippen MR) is 87.7 cm³/mol. The highest BCUT2D eigenvalue weighted by atomic mass is 16.8. The minimum absolute atomic E-state index is 0.120. The second kappa shape index (κ2) is 6.36. The first-order chi connectivity index (χ1) is 11.6. The van der Waals surface area contributed by atoms with Crippen LogP contribution in [0.4, 0.5) is 0 Å². The fraction of sp³-hybridized carbons (Fsp3) is 0.316. The number of carbonyl (C=O) groups is 1. The topological polar surface area (TPSA) is 65.0 Å². The Balaban J connectivity index is 2.27. The van der Waals surface area contributed by atoms with Gasteiger partial charge in [-0.3, -0.25) is 4.79 Å². The van der Waals surface area contributed by atoms with Crippen molar-refractivity contribution in [3.8, 4) is 5.75 Å². The number of para-hydroxylation sites is 1. The largest absolute Gasteiger partial charge is 0.451 e. The molecule has 0 saturated carbocycles. The standard InChI is InChI=1S/C19H20O5/c1-3-22-18(21)17(20)15-12-8-9-13-16(15)24-19(18,23-4-2)14-10-6-5-7-11-14/h5-13,21H,3-4H2,1-2H3/t18-,19-/m0/s1. The van der Waals surface area contributed by atoms with Crippen molar-refractivity contribution in [2.45, 2.75) is 25.4 Å². The second-order valence-electron chi connectivity index (χ2n) is 5.42. The Hall–Kier alpha value is -2.21. The van der Waals surface area contributed by atoms with Crippen LogP contribution in [0.5, 0.6) is 5.75 Å². The van der Waals surface area contributed by atoms with Crippen molar-refractivity contribution >= 4 is 5.78 Å². The number of carbonyl (C=O) groups excluding carboxylic acids is 1. The molecule has 24 heavy (non-hydrogen) atoms. The van der Waals surface area contributed by atoms with E-state index in [0.29, 0.717) is 11.3 Å². The summed E-state index contributed by atoms with van der Waals surface area (Å²) in [6.45, 7) is 3.81. The molecule has 2 aromatic rings. The molecule has 0 unspecified atom stereocenters. The van der Waals surface area contributed by atoms with Crippen molar-refractivity contribution in [3.05, 3.63) is 65.7 Å². The molecule has 0 aliphatic carbocycles. The van der Waals surface area contributed by atoms with Gasteiger partial charge in [-0.2, -0.15) is 0 Å². The summed E-state index contributed by atoms with van der Waals surface area (Å²) >= 11 is 0. The van der Waals surface area contributed by atoms with Gasteiger partial charge in [-0.25, -0.2) is 0 Å². The molecule has 0 spiro atoms. The molecule has 126 valence electrons. The first-order valence-corrected chi connectivity index (χ1v) is 7.97. The second-order valence-corrected chi connectivity index (χ2v) is 5.42. The zero-order valence-corrected chi connectivity index (χ0v) is 13.7. The number of rotatable bonds is 5. The van der Waals surface area contributed by atoms with Gasteiger partial charge in [0.25, 0.3) is 5.79 Å². The molecule has 5 heteroatoms. The summed E-state index contributed by atoms with van der Waals surface area (Å²) < 4.78 is 17.4. The molecular weight excluding hydrogens is 308 g/mol. The molecule has 3 rings (SSSR count). The zero-order chi connectivity index (χ0) is 17.2. The molecule has 1 aliphatic rings. The van der Waals surface area contributed by atoms with Gasteiger partial charge >= 0.3 is 5.79 Å². The Bertz CT molecular complexity index is 730. The summed E-state index contributed by atoms with van der Waals surface area (Å²) in [4.78, 5) is 13.1. The van der Waals surface area contributed by atoms with E-state index >= 15 is 0 Å². The molecule has 1 heterocycles. The lowest BCUT2D eigenvalue weighted by molar-refractivity contribution is -0.358. The summed E-state index contributed by atoms with van der Waals surface area (Å²) in [5, 5.41) is 11.3. The molecule has 0 saturated heterocycles. The van der Waals surface area contributed by atoms with Gasteiger partial charge < -0.3 is 19.3 Å². The number of benzene rings is 2. The first kappa shape index (κ1) is 16.6. The van der Waals surface area contributed by atoms with E-state index in [2.05, 4.69) is 0 Å². The molecule has 5 nitrogen and oxygen atoms in total. The highest BCUT2D eigenvalue weighted by Crippen LogP contribution is 2.47. The quantitative estimate of drug-likeness (QED) is 0.855. The van der Waals surface area contributed by atoms with Crippen LogP contribution in [0.1, 0.15) is 29.8 Å². The predicted octanol–water partition coefficient (Wildman–Crippen LogP) is 2.88. The van der Waals surface area contributed by atoms with Crippen LogP contribution in [0.15, 0.2) is 54.6 Å². The van der Waals surface area contributed by atoms with Gasteiger partial charge in [0.15, 0.2) is 0 Å². The average Bonchev–Trinajstić information content (AvgIpc) is 2.61. The van der Waals surface area contributed by atoms with E-state index in [1.807, 2.05) is 6.07 Å². The summed E-state index contributed by atoms with van der Waals surface area (Å²) in [5.41, 5.74) is 0.769. The van der Waals surface area contributed by atoms with Crippen molar-refractivity contribution in [1.82, 2.24) is 0 Å². The zero-order valence-electron chi connectivity index (χ0n) is 13.7. The lowest BCUT2D eigenvalue weighted by Gasteiger charge is -2.47. The number of ether oxygens (including phenoxy) is 3. The van der Waals surface area contributed by atoms with Crippen LogP contribution in [-0.2, 0) is 15.3 Å². The molecule has 1 aliphatic heterocycles. The maximum Gasteiger partial charge on any atom is 0.304 e. The van der Waals surface area contributed by atoms with Crippen LogP contribution in [0.25, 0.3) is 0 Å². The van der Waals surface area contributed by atoms with E-state index in [9.17, 15) is 9.90 Å². The van der Waals surface area contributed by atoms with Gasteiger partial charge in [-0.05, 0) is 26.0 Å². The third kappa shape index (κ3) is 2.33. The van der Waals surface area contributed by atoms with Gasteiger partial charge in [0.1, 0.15) is 5.75 Å². The van der Waals surface area contributed by atoms with E-state index < -0.39 is 17.4 Å². The highest BCUT2D eigenvalue weighted by Gasteiger charge is 2.65. The lowest BCUT2D eigenvalue weighted by Crippen LogP contribution is -2.65. The first-order valence-electron chi connectivity index (χ1n) is 7.97. The van der Waals surface area contributed by atoms with E-state index in [-0.39, 0.29) is 18.8 Å². The molecule has 0 radical (unpaired) electrons. The Morgan fingerprint density at radius 2 is 1.58 bits per heavy atom. The van der Waals surface area contributed by atoms with E-state index in [1.165, 1.54) is 0 Å². The molecular formula is C19H20O5. The SMILES string of the molecule is CCO[C@@]1(c2ccccc2)Oc2ccccc2C(=O)[C@]1(O)OCC. The minimum atomic E-state index is -2.28. The van der Waals surface area contributed by atoms with Gasteiger partial charge in [-0.15, -0.1) is 0 Å². The Kier molecular flexibility index (Phi) is 4.41. The van der Waals surface area contributed by atoms with Gasteiger partial charge in [0.2, 0.25) is 5.78 Å². The monoisotopic (exact) mass is 328 g/mol. The number of hydrogen-bond donors (Lipinski definition) is 1. The molecule has 2 aromatic carbocycles. The smallest absolute Gasteiger partial charge is 0.304 e. The van der Waals surface area contributed by atoms with E-state index in [0.717, 1.165) is 0 Å². The average molecular weight is 328 g/mol. The number of ketones is 1. The third-order valence-corrected chi connectivity index (χ3v) is 3.99. The fourth-order valence-electron chi connectivity index (χ4n) is 2.99. The van der Waals surface area contributed by atoms with Gasteiger partial charge in [0, 0.05) is 18.8 Å². The van der Waals surface area contributed by atoms with Crippen molar-refractivity contribution in [2.24, 2.45) is 0 Å². The number of hydrogen-bond acceptors (Lipinski definition) is 5. The highest BCUT2D eigenvalue weighted by molar-refractivity contribution is 6.05. The van der Waals surface area contributed by atoms with Gasteiger partial charge in [0.05, 0.1) is 5.56 Å². The van der Waals surface area contributed by atoms with Crippen molar-refractivity contribution < 1.29 is 24.1 Å². The van der Waals surface area contributed by atoms with Crippen molar-refractivity contribution in [2.75, 3.05) is 13.2 Å². The Labute approximate surface area is 140 Å². The van der Waals surface area contributed by atoms with Crippen molar-refractivity contribution in [1.29, 1.82) is 0 Å². The molecule has 0 aromatic heterocycles. The number of Topliss-reactive ketones (excluding diaryl/α,β-unsaturated/α-hetero) is 1. The van der Waals surface area contributed by atoms with Crippen LogP contribution >= 0.6 is 0 Å². The number of aliphatic hydroxyl groups is 1. The maximum atomic E-state index is 13.1. The fourth-order valence-corrected chi connectivity index (χ4v) is 2.99. The van der Waals surface area contributed by atoms with Gasteiger partial charge in [-0.1, -0.05) is 42.5 Å². The molecule has 0 bridgehead atoms. The van der Waals surface area contributed by atoms with Crippen LogP contribution in [-0.4, -0.2) is 29.9 Å². The van der Waals surface area contributed by atoms with Crippen LogP contribution < -0.4 is 4.74 Å². The Morgan fingerprint density at radius 1 is 0.958 bits per heavy atom. The molecule has 2 atom stereocenters. The maximum absolute atomic E-state index is 13.1. The molecule has 0 fully saturated rings. The van der Waals surface area contributed by atoms with Crippen LogP contribution in [0.3, 0.4) is 0 Å². The summed E-state index contributed by atoms with van der Waals surface area (Å²) in [5.74, 6) is -4.29.